The molecule has 1 amide bonds. The molecule has 2 N–H and O–H groups in total. The Morgan fingerprint density at radius 3 is 2.27 bits per heavy atom. The van der Waals surface area contributed by atoms with E-state index in [-0.39, 0.29) is 17.7 Å². The van der Waals surface area contributed by atoms with Gasteiger partial charge in [0, 0.05) is 13.7 Å². The van der Waals surface area contributed by atoms with Gasteiger partial charge >= 0.3 is 0 Å². The van der Waals surface area contributed by atoms with Crippen LogP contribution in [0.15, 0.2) is 0 Å². The Bertz CT molecular complexity index is 223. The number of amides is 1. The van der Waals surface area contributed by atoms with Gasteiger partial charge in [0.25, 0.3) is 0 Å². The lowest BCUT2D eigenvalue weighted by molar-refractivity contribution is -0.126. The van der Waals surface area contributed by atoms with Crippen LogP contribution >= 0.6 is 0 Å². The topological polar surface area (TPSA) is 52.6 Å². The van der Waals surface area contributed by atoms with Crippen LogP contribution in [0.2, 0.25) is 0 Å². The van der Waals surface area contributed by atoms with Gasteiger partial charge in [-0.3, -0.25) is 10.1 Å². The number of hydrogen-bond donors (Lipinski definition) is 2. The molecule has 0 heterocycles. The van der Waals surface area contributed by atoms with Crippen molar-refractivity contribution in [3.05, 3.63) is 0 Å². The summed E-state index contributed by atoms with van der Waals surface area (Å²) in [6, 6.07) is 0. The molecular formula is C11H22N2O2. The van der Waals surface area contributed by atoms with Crippen LogP contribution < -0.4 is 5.32 Å². The normalized spacial score (nSPS) is 36.3. The number of rotatable bonds is 4. The molecule has 4 heteroatoms. The Hall–Kier alpha value is -0.610. The van der Waals surface area contributed by atoms with Gasteiger partial charge in [0.15, 0.2) is 0 Å². The summed E-state index contributed by atoms with van der Waals surface area (Å²) >= 11 is 0. The number of nitrogens with one attached hydrogen (secondary N) is 1. The fourth-order valence-corrected chi connectivity index (χ4v) is 2.31. The van der Waals surface area contributed by atoms with Gasteiger partial charge in [0.1, 0.15) is 0 Å². The van der Waals surface area contributed by atoms with E-state index >= 15 is 0 Å². The molecule has 88 valence electrons. The fourth-order valence-electron chi connectivity index (χ4n) is 2.31. The van der Waals surface area contributed by atoms with E-state index < -0.39 is 0 Å². The molecule has 0 aromatic heterocycles. The molecule has 0 atom stereocenters. The van der Waals surface area contributed by atoms with Gasteiger partial charge in [-0.05, 0) is 38.1 Å². The SMILES string of the molecule is CNC1(N(C)C=O)CCC(C)(CO)CC1. The second kappa shape index (κ2) is 4.49. The standard InChI is InChI=1S/C11H22N2O2/c1-10(8-14)4-6-11(12-2,7-5-10)13(3)9-15/h9,12,14H,4-8H2,1-3H3. The Labute approximate surface area is 91.6 Å². The minimum absolute atomic E-state index is 0.0318. The van der Waals surface area contributed by atoms with Crippen molar-refractivity contribution in [2.45, 2.75) is 38.3 Å². The molecule has 1 aliphatic carbocycles. The van der Waals surface area contributed by atoms with Gasteiger partial charge in [0.05, 0.1) is 5.66 Å². The molecule has 0 spiro atoms. The summed E-state index contributed by atoms with van der Waals surface area (Å²) in [4.78, 5) is 12.5. The lowest BCUT2D eigenvalue weighted by Crippen LogP contribution is -2.58. The molecule has 1 rings (SSSR count). The van der Waals surface area contributed by atoms with Crippen LogP contribution in [0.1, 0.15) is 32.6 Å². The van der Waals surface area contributed by atoms with Crippen molar-refractivity contribution in [3.63, 3.8) is 0 Å². The molecule has 15 heavy (non-hydrogen) atoms. The van der Waals surface area contributed by atoms with Crippen LogP contribution in [0.4, 0.5) is 0 Å². The highest BCUT2D eigenvalue weighted by molar-refractivity contribution is 5.48. The summed E-state index contributed by atoms with van der Waals surface area (Å²) in [7, 11) is 3.70. The maximum absolute atomic E-state index is 10.8. The second-order valence-electron chi connectivity index (χ2n) is 4.97. The van der Waals surface area contributed by atoms with Gasteiger partial charge in [-0.1, -0.05) is 6.92 Å². The monoisotopic (exact) mass is 214 g/mol. The van der Waals surface area contributed by atoms with Crippen LogP contribution in [0.3, 0.4) is 0 Å². The minimum atomic E-state index is -0.212. The third kappa shape index (κ3) is 2.32. The van der Waals surface area contributed by atoms with Gasteiger partial charge in [-0.25, -0.2) is 0 Å². The van der Waals surface area contributed by atoms with Gasteiger partial charge in [-0.15, -0.1) is 0 Å². The first-order valence-electron chi connectivity index (χ1n) is 5.50. The zero-order chi connectivity index (χ0) is 11.5. The zero-order valence-electron chi connectivity index (χ0n) is 9.92. The molecule has 0 radical (unpaired) electrons. The van der Waals surface area contributed by atoms with Gasteiger partial charge in [-0.2, -0.15) is 0 Å². The number of carbonyl (C=O) groups is 1. The summed E-state index contributed by atoms with van der Waals surface area (Å²) in [6.45, 7) is 2.34. The fraction of sp³-hybridized carbons (Fsp3) is 0.909. The molecule has 0 bridgehead atoms. The number of aliphatic hydroxyl groups excluding tert-OH is 1. The summed E-state index contributed by atoms with van der Waals surface area (Å²) < 4.78 is 0. The highest BCUT2D eigenvalue weighted by Gasteiger charge is 2.41. The number of nitrogens with zero attached hydrogens (tertiary/aromatic N) is 1. The molecule has 0 aromatic rings. The van der Waals surface area contributed by atoms with Crippen molar-refractivity contribution in [2.75, 3.05) is 20.7 Å². The van der Waals surface area contributed by atoms with E-state index in [1.54, 1.807) is 4.90 Å². The Morgan fingerprint density at radius 2 is 1.93 bits per heavy atom. The molecule has 4 nitrogen and oxygen atoms in total. The molecule has 1 fully saturated rings. The molecule has 0 aliphatic heterocycles. The van der Waals surface area contributed by atoms with E-state index in [0.29, 0.717) is 0 Å². The van der Waals surface area contributed by atoms with Gasteiger partial charge in [0.2, 0.25) is 6.41 Å². The van der Waals surface area contributed by atoms with Crippen LogP contribution in [0.5, 0.6) is 0 Å². The average Bonchev–Trinajstić information content (AvgIpc) is 2.29. The number of hydrogen-bond acceptors (Lipinski definition) is 3. The summed E-state index contributed by atoms with van der Waals surface area (Å²) in [6.07, 6.45) is 4.56. The van der Waals surface area contributed by atoms with E-state index in [1.165, 1.54) is 0 Å². The highest BCUT2D eigenvalue weighted by atomic mass is 16.3. The minimum Gasteiger partial charge on any atom is -0.396 e. The average molecular weight is 214 g/mol. The zero-order valence-corrected chi connectivity index (χ0v) is 9.92. The predicted octanol–water partition coefficient (Wildman–Crippen LogP) is 0.563. The number of aliphatic hydroxyl groups is 1. The van der Waals surface area contributed by atoms with Crippen LogP contribution in [-0.2, 0) is 4.79 Å². The van der Waals surface area contributed by atoms with Crippen LogP contribution in [-0.4, -0.2) is 42.8 Å². The first kappa shape index (κ1) is 12.5. The first-order valence-corrected chi connectivity index (χ1v) is 5.50. The largest absolute Gasteiger partial charge is 0.396 e. The Morgan fingerprint density at radius 1 is 1.40 bits per heavy atom. The van der Waals surface area contributed by atoms with Crippen molar-refractivity contribution in [1.82, 2.24) is 10.2 Å². The molecule has 0 saturated heterocycles. The lowest BCUT2D eigenvalue weighted by Gasteiger charge is -2.47. The van der Waals surface area contributed by atoms with Gasteiger partial charge < -0.3 is 10.0 Å². The van der Waals surface area contributed by atoms with Crippen molar-refractivity contribution in [2.24, 2.45) is 5.41 Å². The summed E-state index contributed by atoms with van der Waals surface area (Å²) in [5, 5.41) is 12.5. The maximum atomic E-state index is 10.8. The van der Waals surface area contributed by atoms with Crippen molar-refractivity contribution in [1.29, 1.82) is 0 Å². The van der Waals surface area contributed by atoms with E-state index in [0.717, 1.165) is 32.1 Å². The predicted molar refractivity (Wildman–Crippen MR) is 59.3 cm³/mol. The van der Waals surface area contributed by atoms with E-state index in [4.69, 9.17) is 0 Å². The Kier molecular flexibility index (Phi) is 3.73. The number of carbonyl (C=O) groups excluding carboxylic acids is 1. The molecule has 1 saturated carbocycles. The molecule has 1 aliphatic rings. The van der Waals surface area contributed by atoms with Crippen LogP contribution in [0, 0.1) is 5.41 Å². The molecule has 0 aromatic carbocycles. The first-order chi connectivity index (χ1) is 7.02. The highest BCUT2D eigenvalue weighted by Crippen LogP contribution is 2.40. The molecule has 0 unspecified atom stereocenters. The second-order valence-corrected chi connectivity index (χ2v) is 4.97. The van der Waals surface area contributed by atoms with Crippen molar-refractivity contribution >= 4 is 6.41 Å². The summed E-state index contributed by atoms with van der Waals surface area (Å²) in [5.74, 6) is 0. The smallest absolute Gasteiger partial charge is 0.210 e. The quantitative estimate of drug-likeness (QED) is 0.531. The molecular weight excluding hydrogens is 192 g/mol. The maximum Gasteiger partial charge on any atom is 0.210 e. The van der Waals surface area contributed by atoms with E-state index in [1.807, 2.05) is 14.1 Å². The van der Waals surface area contributed by atoms with E-state index in [2.05, 4.69) is 12.2 Å². The summed E-state index contributed by atoms with van der Waals surface area (Å²) in [5.41, 5.74) is -0.180. The Balaban J connectivity index is 2.70. The third-order valence-corrected chi connectivity index (χ3v) is 3.96. The van der Waals surface area contributed by atoms with Crippen molar-refractivity contribution < 1.29 is 9.90 Å². The lowest BCUT2D eigenvalue weighted by atomic mass is 9.71. The van der Waals surface area contributed by atoms with Crippen LogP contribution in [0.25, 0.3) is 0 Å². The van der Waals surface area contributed by atoms with Crippen molar-refractivity contribution in [3.8, 4) is 0 Å². The van der Waals surface area contributed by atoms with E-state index in [9.17, 15) is 9.90 Å². The third-order valence-electron chi connectivity index (χ3n) is 3.96.